The van der Waals surface area contributed by atoms with Crippen molar-refractivity contribution in [1.82, 2.24) is 43.9 Å². The molecule has 682 valence electrons. The average Bonchev–Trinajstić information content (AvgIpc) is 1.76. The lowest BCUT2D eigenvalue weighted by molar-refractivity contribution is -0.126. The Morgan fingerprint density at radius 1 is 0.403 bits per heavy atom. The van der Waals surface area contributed by atoms with Crippen molar-refractivity contribution in [2.45, 2.75) is 405 Å². The van der Waals surface area contributed by atoms with E-state index in [0.717, 1.165) is 74.3 Å². The molecule has 3 atom stereocenters. The van der Waals surface area contributed by atoms with E-state index in [1.54, 1.807) is 39.4 Å². The van der Waals surface area contributed by atoms with Gasteiger partial charge in [-0.2, -0.15) is 0 Å². The Bertz CT molecular complexity index is 4210. The van der Waals surface area contributed by atoms with Gasteiger partial charge in [0, 0.05) is 198 Å². The third kappa shape index (κ3) is 29.7. The molecule has 7 heterocycles. The van der Waals surface area contributed by atoms with Crippen LogP contribution in [0.25, 0.3) is 0 Å². The largest absolute Gasteiger partial charge is 0.375 e. The molecule has 0 bridgehead atoms. The van der Waals surface area contributed by atoms with Crippen molar-refractivity contribution in [3.63, 3.8) is 0 Å². The number of likely N-dealkylation sites (N-methyl/N-ethyl adjacent to an activating group) is 2. The van der Waals surface area contributed by atoms with Gasteiger partial charge in [-0.15, -0.1) is 0 Å². The second-order valence-corrected chi connectivity index (χ2v) is 49.9. The highest BCUT2D eigenvalue weighted by atomic mass is 16.2. The van der Waals surface area contributed by atoms with Crippen molar-refractivity contribution >= 4 is 23.3 Å². The Morgan fingerprint density at radius 2 is 0.807 bits per heavy atom. The molecule has 5 aliphatic heterocycles. The van der Waals surface area contributed by atoms with E-state index in [1.807, 2.05) is 34.9 Å². The molecule has 0 spiro atoms. The van der Waals surface area contributed by atoms with Crippen LogP contribution < -0.4 is 16.3 Å². The van der Waals surface area contributed by atoms with Crippen LogP contribution in [0.2, 0.25) is 0 Å². The van der Waals surface area contributed by atoms with Gasteiger partial charge in [-0.05, 0) is 117 Å². The lowest BCUT2D eigenvalue weighted by atomic mass is 9.73. The van der Waals surface area contributed by atoms with Crippen LogP contribution in [0.1, 0.15) is 385 Å². The summed E-state index contributed by atoms with van der Waals surface area (Å²) in [6.45, 7) is 108. The number of carbonyl (C=O) groups is 3. The number of ketones is 1. The molecule has 0 aliphatic carbocycles. The van der Waals surface area contributed by atoms with Crippen molar-refractivity contribution in [2.24, 2.45) is 73.2 Å². The molecule has 3 unspecified atom stereocenters. The first-order valence-corrected chi connectivity index (χ1v) is 44.6. The molecule has 0 saturated carbocycles. The minimum absolute atomic E-state index is 0.0156. The summed E-state index contributed by atoms with van der Waals surface area (Å²) in [5.74, 6) is 1.29. The van der Waals surface area contributed by atoms with Crippen LogP contribution in [0, 0.1) is 68.0 Å². The summed E-state index contributed by atoms with van der Waals surface area (Å²) < 4.78 is 3.79. The number of amides is 2. The summed E-state index contributed by atoms with van der Waals surface area (Å²) in [6.07, 6.45) is 6.65. The molecule has 15 heteroatoms. The predicted octanol–water partition coefficient (Wildman–Crippen LogP) is 24.7. The number of allylic oxidation sites excluding steroid dienone is 10. The standard InChI is InChI=1S/C15H26N2O.C15H28N2O.C15H27NO.C15H25NO.C15H29N.C15H27N.C14H24N2O/c1-10-9-17(8)13(18)11(14(2,3)4)12(16-10)15(5,6)7;1-10-9-16-13(18)11(14(2,3)4)12(17(10)8)15(5,6)7;2*1-10-9-11(17)12(14(2,3)4)13(16(10)8)15(5,6)7;2*1-11-9-10-12(14(2,3)4)13(16(11)8)15(5,6)7;1-9-15-11(14(5,6)7)10(13(2,3)4)12(17)16(9)8/h9H2,1-8H3;10H,9H2,1-8H3,(H,16,18);10H,9H2,1-8H3;9H,1-8H3;11H,9-10H2,1-8H3;9H,10H2,1-8H3;1-8H3. The van der Waals surface area contributed by atoms with Crippen molar-refractivity contribution in [1.29, 1.82) is 0 Å². The Labute approximate surface area is 732 Å². The smallest absolute Gasteiger partial charge is 0.257 e. The predicted molar refractivity (Wildman–Crippen MR) is 516 cm³/mol. The first-order chi connectivity index (χ1) is 52.4. The van der Waals surface area contributed by atoms with E-state index in [0.29, 0.717) is 48.8 Å². The topological polar surface area (TPSA) is 149 Å². The first kappa shape index (κ1) is 111. The zero-order chi connectivity index (χ0) is 94.8. The lowest BCUT2D eigenvalue weighted by Crippen LogP contribution is -2.44. The first-order valence-electron chi connectivity index (χ1n) is 44.6. The number of rotatable bonds is 0. The summed E-state index contributed by atoms with van der Waals surface area (Å²) in [6, 6.07) is 3.06. The molecule has 0 fully saturated rings. The number of hydrogen-bond acceptors (Lipinski definition) is 11. The molecular formula is C104H186N10O5. The minimum Gasteiger partial charge on any atom is -0.375 e. The van der Waals surface area contributed by atoms with E-state index in [-0.39, 0.29) is 93.2 Å². The van der Waals surface area contributed by atoms with Crippen LogP contribution >= 0.6 is 0 Å². The molecule has 7 rings (SSSR count). The number of hydrogen-bond donors (Lipinski definition) is 1. The number of aliphatic imine (C=N–C) groups is 1. The molecule has 2 aromatic heterocycles. The van der Waals surface area contributed by atoms with E-state index in [1.165, 1.54) is 29.9 Å². The van der Waals surface area contributed by atoms with E-state index >= 15 is 0 Å². The number of aryl methyl sites for hydroxylation is 2. The van der Waals surface area contributed by atoms with Gasteiger partial charge in [0.05, 0.1) is 17.9 Å². The van der Waals surface area contributed by atoms with Crippen LogP contribution in [-0.4, -0.2) is 128 Å². The molecule has 5 aliphatic rings. The Kier molecular flexibility index (Phi) is 36.2. The number of Topliss-reactive ketones (excluding diaryl/α,β-unsaturated/α-hetero) is 1. The van der Waals surface area contributed by atoms with Gasteiger partial charge in [0.15, 0.2) is 11.2 Å². The summed E-state index contributed by atoms with van der Waals surface area (Å²) in [5.41, 5.74) is 19.9. The number of aromatic nitrogens is 3. The highest BCUT2D eigenvalue weighted by Gasteiger charge is 2.43. The Morgan fingerprint density at radius 3 is 1.18 bits per heavy atom. The van der Waals surface area contributed by atoms with Crippen LogP contribution in [-0.2, 0) is 50.1 Å². The molecule has 0 saturated heterocycles. The van der Waals surface area contributed by atoms with Crippen molar-refractivity contribution < 1.29 is 14.4 Å². The van der Waals surface area contributed by atoms with Crippen LogP contribution in [0.3, 0.4) is 0 Å². The average molecular weight is 1660 g/mol. The molecule has 1 N–H and O–H groups in total. The van der Waals surface area contributed by atoms with E-state index in [2.05, 4.69) is 387 Å². The van der Waals surface area contributed by atoms with Gasteiger partial charge in [0.1, 0.15) is 5.82 Å². The number of carbonyl (C=O) groups excluding carboxylic acids is 3. The van der Waals surface area contributed by atoms with Crippen LogP contribution in [0.5, 0.6) is 0 Å². The van der Waals surface area contributed by atoms with Crippen molar-refractivity contribution in [3.05, 3.63) is 129 Å². The number of nitrogens with one attached hydrogen (secondary N) is 1. The third-order valence-electron chi connectivity index (χ3n) is 23.2. The molecule has 2 aromatic rings. The van der Waals surface area contributed by atoms with Gasteiger partial charge in [-0.1, -0.05) is 297 Å². The van der Waals surface area contributed by atoms with Gasteiger partial charge in [-0.3, -0.25) is 33.5 Å². The highest BCUT2D eigenvalue weighted by molar-refractivity contribution is 6.01. The summed E-state index contributed by atoms with van der Waals surface area (Å²) >= 11 is 0. The maximum absolute atomic E-state index is 12.6. The van der Waals surface area contributed by atoms with Crippen molar-refractivity contribution in [3.8, 4) is 0 Å². The Hall–Kier alpha value is -6.25. The molecule has 0 radical (unpaired) electrons. The Balaban J connectivity index is 0.000000694. The van der Waals surface area contributed by atoms with Crippen molar-refractivity contribution in [2.75, 3.05) is 48.3 Å². The number of pyridine rings is 1. The highest BCUT2D eigenvalue weighted by Crippen LogP contribution is 2.48. The minimum atomic E-state index is -0.192. The molecule has 2 amide bonds. The van der Waals surface area contributed by atoms with E-state index in [4.69, 9.17) is 4.99 Å². The monoisotopic (exact) mass is 1660 g/mol. The second kappa shape index (κ2) is 38.9. The summed E-state index contributed by atoms with van der Waals surface area (Å²) in [4.78, 5) is 82.6. The molecule has 0 aromatic carbocycles. The fourth-order valence-electron chi connectivity index (χ4n) is 17.1. The van der Waals surface area contributed by atoms with E-state index < -0.39 is 0 Å². The van der Waals surface area contributed by atoms with Gasteiger partial charge in [0.25, 0.3) is 11.5 Å². The molecule has 15 nitrogen and oxygen atoms in total. The zero-order valence-corrected chi connectivity index (χ0v) is 88.2. The summed E-state index contributed by atoms with van der Waals surface area (Å²) in [7, 11) is 14.3. The maximum atomic E-state index is 12.6. The summed E-state index contributed by atoms with van der Waals surface area (Å²) in [5, 5.41) is 3.04. The third-order valence-corrected chi connectivity index (χ3v) is 23.2. The SMILES string of the molecule is CC1=CCC(C(C)(C)C)=C(C(C)(C)C)N1C.CC1=NC(C(C)(C)C)=C(C(C)(C)C)C(=O)N(C)C1.CC1CC(=O)C(C(C)(C)C)=C(C(C)(C)C)N1C.CC1CCC(C(C)(C)C)=C(C(C)(C)C)N1C.CC1CNC(=O)C(C(C)(C)C)=C(C(C)(C)C)N1C.Cc1cc(=O)c(C(C)(C)C)c(C(C)(C)C)n1C.Cc1nc(C(C)(C)C)c(C(C)(C)C)c(=O)n1C. The normalized spacial score (nSPS) is 19.2. The van der Waals surface area contributed by atoms with Gasteiger partial charge < -0.3 is 34.4 Å². The van der Waals surface area contributed by atoms with E-state index in [9.17, 15) is 24.0 Å². The number of nitrogens with zero attached hydrogens (tertiary/aromatic N) is 9. The molecular weight excluding hydrogens is 1470 g/mol. The van der Waals surface area contributed by atoms with Gasteiger partial charge >= 0.3 is 0 Å². The fourth-order valence-corrected chi connectivity index (χ4v) is 17.1. The van der Waals surface area contributed by atoms with Gasteiger partial charge in [0.2, 0.25) is 5.91 Å². The van der Waals surface area contributed by atoms with Crippen LogP contribution in [0.15, 0.2) is 88.8 Å². The quantitative estimate of drug-likeness (QED) is 0.270. The van der Waals surface area contributed by atoms with Crippen LogP contribution in [0.4, 0.5) is 0 Å². The lowest BCUT2D eigenvalue weighted by Gasteiger charge is -2.45. The second-order valence-electron chi connectivity index (χ2n) is 49.9. The maximum Gasteiger partial charge on any atom is 0.257 e. The molecule has 119 heavy (non-hydrogen) atoms. The van der Waals surface area contributed by atoms with Gasteiger partial charge in [-0.25, -0.2) is 4.98 Å². The zero-order valence-electron chi connectivity index (χ0n) is 88.2. The fraction of sp³-hybridized carbons (Fsp3) is 0.760.